The molecule has 0 spiro atoms. The fourth-order valence-corrected chi connectivity index (χ4v) is 2.31. The van der Waals surface area contributed by atoms with Gasteiger partial charge in [-0.05, 0) is 47.1 Å². The van der Waals surface area contributed by atoms with Crippen molar-refractivity contribution in [3.8, 4) is 0 Å². The van der Waals surface area contributed by atoms with Gasteiger partial charge in [0, 0.05) is 25.7 Å². The van der Waals surface area contributed by atoms with Gasteiger partial charge in [-0.3, -0.25) is 0 Å². The van der Waals surface area contributed by atoms with Crippen LogP contribution in [0.1, 0.15) is 34.1 Å². The number of likely N-dealkylation sites (N-methyl/N-ethyl adjacent to an activating group) is 1. The lowest BCUT2D eigenvalue weighted by Crippen LogP contribution is -2.41. The number of carbonyl (C=O) groups is 1. The summed E-state index contributed by atoms with van der Waals surface area (Å²) in [6.07, 6.45) is 0.791. The van der Waals surface area contributed by atoms with Gasteiger partial charge in [0.2, 0.25) is 0 Å². The average molecular weight is 272 g/mol. The van der Waals surface area contributed by atoms with Gasteiger partial charge in [-0.25, -0.2) is 4.79 Å². The molecule has 1 amide bonds. The first kappa shape index (κ1) is 16.2. The smallest absolute Gasteiger partial charge is 0.410 e. The topological polar surface area (TPSA) is 50.8 Å². The second kappa shape index (κ2) is 7.10. The second-order valence-corrected chi connectivity index (χ2v) is 6.03. The van der Waals surface area contributed by atoms with E-state index < -0.39 is 5.60 Å². The molecule has 5 heteroatoms. The van der Waals surface area contributed by atoms with Gasteiger partial charge in [-0.15, -0.1) is 0 Å². The highest BCUT2D eigenvalue weighted by molar-refractivity contribution is 5.68. The summed E-state index contributed by atoms with van der Waals surface area (Å²) in [6, 6.07) is 0.299. The standard InChI is InChI=1S/C14H28N2O3/c1-6-18-10-12(15-5)11-7-8-16(9-11)13(17)19-14(2,3)4/h11-12,15H,6-10H2,1-5H3. The quantitative estimate of drug-likeness (QED) is 0.830. The van der Waals surface area contributed by atoms with Gasteiger partial charge < -0.3 is 19.7 Å². The Morgan fingerprint density at radius 3 is 2.68 bits per heavy atom. The molecule has 5 nitrogen and oxygen atoms in total. The maximum absolute atomic E-state index is 12.0. The second-order valence-electron chi connectivity index (χ2n) is 6.03. The van der Waals surface area contributed by atoms with Crippen LogP contribution in [-0.2, 0) is 9.47 Å². The highest BCUT2D eigenvalue weighted by Gasteiger charge is 2.33. The molecule has 0 aromatic rings. The summed E-state index contributed by atoms with van der Waals surface area (Å²) in [4.78, 5) is 13.8. The number of amides is 1. The fraction of sp³-hybridized carbons (Fsp3) is 0.929. The number of hydrogen-bond acceptors (Lipinski definition) is 4. The van der Waals surface area contributed by atoms with Gasteiger partial charge in [0.1, 0.15) is 5.60 Å². The van der Waals surface area contributed by atoms with Crippen molar-refractivity contribution in [3.05, 3.63) is 0 Å². The van der Waals surface area contributed by atoms with Gasteiger partial charge in [-0.2, -0.15) is 0 Å². The zero-order chi connectivity index (χ0) is 14.5. The van der Waals surface area contributed by atoms with Gasteiger partial charge >= 0.3 is 6.09 Å². The Labute approximate surface area is 116 Å². The van der Waals surface area contributed by atoms with Crippen molar-refractivity contribution < 1.29 is 14.3 Å². The van der Waals surface area contributed by atoms with E-state index in [1.165, 1.54) is 0 Å². The van der Waals surface area contributed by atoms with Crippen LogP contribution in [0.25, 0.3) is 0 Å². The normalized spacial score (nSPS) is 21.5. The Balaban J connectivity index is 2.45. The molecular formula is C14H28N2O3. The summed E-state index contributed by atoms with van der Waals surface area (Å²) in [5.74, 6) is 0.434. The van der Waals surface area contributed by atoms with Crippen LogP contribution in [0.5, 0.6) is 0 Å². The molecule has 1 N–H and O–H groups in total. The fourth-order valence-electron chi connectivity index (χ4n) is 2.31. The van der Waals surface area contributed by atoms with Crippen LogP contribution >= 0.6 is 0 Å². The molecule has 19 heavy (non-hydrogen) atoms. The van der Waals surface area contributed by atoms with Gasteiger partial charge in [0.05, 0.1) is 6.61 Å². The SMILES string of the molecule is CCOCC(NC)C1CCN(C(=O)OC(C)(C)C)C1. The van der Waals surface area contributed by atoms with Crippen molar-refractivity contribution >= 4 is 6.09 Å². The molecule has 0 aliphatic carbocycles. The molecule has 0 saturated carbocycles. The van der Waals surface area contributed by atoms with E-state index in [9.17, 15) is 4.79 Å². The highest BCUT2D eigenvalue weighted by Crippen LogP contribution is 2.22. The molecule has 0 radical (unpaired) electrons. The van der Waals surface area contributed by atoms with Crippen LogP contribution in [0.2, 0.25) is 0 Å². The van der Waals surface area contributed by atoms with Crippen LogP contribution in [-0.4, -0.2) is 56.0 Å². The van der Waals surface area contributed by atoms with Crippen molar-refractivity contribution in [1.82, 2.24) is 10.2 Å². The predicted molar refractivity (Wildman–Crippen MR) is 75.3 cm³/mol. The lowest BCUT2D eigenvalue weighted by molar-refractivity contribution is 0.0279. The predicted octanol–water partition coefficient (Wildman–Crippen LogP) is 1.87. The molecule has 1 heterocycles. The number of nitrogens with one attached hydrogen (secondary N) is 1. The minimum absolute atomic E-state index is 0.207. The summed E-state index contributed by atoms with van der Waals surface area (Å²) >= 11 is 0. The first-order chi connectivity index (χ1) is 8.87. The van der Waals surface area contributed by atoms with E-state index in [2.05, 4.69) is 5.32 Å². The van der Waals surface area contributed by atoms with Crippen LogP contribution in [0, 0.1) is 5.92 Å². The van der Waals surface area contributed by atoms with E-state index in [1.807, 2.05) is 34.7 Å². The third-order valence-corrected chi connectivity index (χ3v) is 3.32. The molecule has 1 fully saturated rings. The van der Waals surface area contributed by atoms with Crippen molar-refractivity contribution in [2.45, 2.75) is 45.8 Å². The molecule has 2 unspecified atom stereocenters. The molecule has 112 valence electrons. The zero-order valence-corrected chi connectivity index (χ0v) is 12.9. The lowest BCUT2D eigenvalue weighted by atomic mass is 10.00. The number of nitrogens with zero attached hydrogens (tertiary/aromatic N) is 1. The lowest BCUT2D eigenvalue weighted by Gasteiger charge is -2.26. The maximum Gasteiger partial charge on any atom is 0.410 e. The average Bonchev–Trinajstić information content (AvgIpc) is 2.77. The van der Waals surface area contributed by atoms with Crippen LogP contribution in [0.15, 0.2) is 0 Å². The van der Waals surface area contributed by atoms with Gasteiger partial charge in [0.15, 0.2) is 0 Å². The molecule has 0 aromatic heterocycles. The molecule has 1 aliphatic rings. The summed E-state index contributed by atoms with van der Waals surface area (Å²) in [7, 11) is 1.94. The molecule has 1 rings (SSSR count). The number of likely N-dealkylation sites (tertiary alicyclic amines) is 1. The minimum atomic E-state index is -0.428. The van der Waals surface area contributed by atoms with Crippen molar-refractivity contribution in [3.63, 3.8) is 0 Å². The zero-order valence-electron chi connectivity index (χ0n) is 12.9. The van der Waals surface area contributed by atoms with Crippen LogP contribution in [0.3, 0.4) is 0 Å². The largest absolute Gasteiger partial charge is 0.444 e. The number of hydrogen-bond donors (Lipinski definition) is 1. The van der Waals surface area contributed by atoms with E-state index in [1.54, 1.807) is 4.90 Å². The van der Waals surface area contributed by atoms with E-state index in [-0.39, 0.29) is 6.09 Å². The first-order valence-corrected chi connectivity index (χ1v) is 7.10. The third-order valence-electron chi connectivity index (χ3n) is 3.32. The molecule has 0 bridgehead atoms. The molecule has 1 saturated heterocycles. The third kappa shape index (κ3) is 5.37. The van der Waals surface area contributed by atoms with E-state index >= 15 is 0 Å². The van der Waals surface area contributed by atoms with E-state index in [0.29, 0.717) is 18.6 Å². The van der Waals surface area contributed by atoms with E-state index in [4.69, 9.17) is 9.47 Å². The Morgan fingerprint density at radius 2 is 2.16 bits per heavy atom. The minimum Gasteiger partial charge on any atom is -0.444 e. The van der Waals surface area contributed by atoms with Gasteiger partial charge in [-0.1, -0.05) is 0 Å². The number of ether oxygens (including phenoxy) is 2. The van der Waals surface area contributed by atoms with Crippen LogP contribution < -0.4 is 5.32 Å². The Bertz CT molecular complexity index is 289. The molecule has 2 atom stereocenters. The Morgan fingerprint density at radius 1 is 1.47 bits per heavy atom. The van der Waals surface area contributed by atoms with Crippen LogP contribution in [0.4, 0.5) is 4.79 Å². The molecule has 0 aromatic carbocycles. The number of rotatable bonds is 5. The van der Waals surface area contributed by atoms with E-state index in [0.717, 1.165) is 26.1 Å². The summed E-state index contributed by atoms with van der Waals surface area (Å²) in [5, 5.41) is 3.28. The summed E-state index contributed by atoms with van der Waals surface area (Å²) in [5.41, 5.74) is -0.428. The van der Waals surface area contributed by atoms with Crippen molar-refractivity contribution in [1.29, 1.82) is 0 Å². The van der Waals surface area contributed by atoms with Crippen molar-refractivity contribution in [2.24, 2.45) is 5.92 Å². The van der Waals surface area contributed by atoms with Crippen molar-refractivity contribution in [2.75, 3.05) is 33.4 Å². The number of carbonyl (C=O) groups excluding carboxylic acids is 1. The maximum atomic E-state index is 12.0. The van der Waals surface area contributed by atoms with Gasteiger partial charge in [0.25, 0.3) is 0 Å². The molecular weight excluding hydrogens is 244 g/mol. The monoisotopic (exact) mass is 272 g/mol. The summed E-state index contributed by atoms with van der Waals surface area (Å²) in [6.45, 7) is 10.6. The first-order valence-electron chi connectivity index (χ1n) is 7.10. The highest BCUT2D eigenvalue weighted by atomic mass is 16.6. The Hall–Kier alpha value is -0.810. The Kier molecular flexibility index (Phi) is 6.07. The molecule has 1 aliphatic heterocycles. The summed E-state index contributed by atoms with van der Waals surface area (Å²) < 4.78 is 10.9.